The highest BCUT2D eigenvalue weighted by Crippen LogP contribution is 2.36. The van der Waals surface area contributed by atoms with E-state index in [4.69, 9.17) is 16.3 Å². The topological polar surface area (TPSA) is 50.7 Å². The van der Waals surface area contributed by atoms with E-state index in [9.17, 15) is 4.79 Å². The zero-order valence-corrected chi connectivity index (χ0v) is 18.0. The van der Waals surface area contributed by atoms with Gasteiger partial charge in [0.2, 0.25) is 0 Å². The molecular formula is C23H29ClN2O2. The normalized spacial score (nSPS) is 12.2. The van der Waals surface area contributed by atoms with E-state index in [-0.39, 0.29) is 23.3 Å². The van der Waals surface area contributed by atoms with Crippen LogP contribution in [0.3, 0.4) is 0 Å². The number of halogens is 1. The Morgan fingerprint density at radius 1 is 1.04 bits per heavy atom. The quantitative estimate of drug-likeness (QED) is 0.487. The molecule has 2 aromatic rings. The first kappa shape index (κ1) is 22.0. The van der Waals surface area contributed by atoms with Crippen molar-refractivity contribution in [3.05, 3.63) is 64.7 Å². The van der Waals surface area contributed by atoms with Crippen molar-refractivity contribution in [2.24, 2.45) is 10.5 Å². The summed E-state index contributed by atoms with van der Waals surface area (Å²) in [6, 6.07) is 15.1. The van der Waals surface area contributed by atoms with Crippen LogP contribution in [-0.4, -0.2) is 18.7 Å². The average Bonchev–Trinajstić information content (AvgIpc) is 2.60. The monoisotopic (exact) mass is 400 g/mol. The standard InChI is InChI=1S/C23H29ClN2O2/c1-22(2,3)16-23(4,5)18-8-12-20(13-9-18)28-15-21(27)26-25-14-17-6-10-19(24)11-7-17/h6-14H,15-16H2,1-5H3,(H,26,27). The van der Waals surface area contributed by atoms with Crippen LogP contribution < -0.4 is 10.2 Å². The number of nitrogens with zero attached hydrogens (tertiary/aromatic N) is 1. The summed E-state index contributed by atoms with van der Waals surface area (Å²) in [7, 11) is 0. The molecular weight excluding hydrogens is 372 g/mol. The van der Waals surface area contributed by atoms with Crippen molar-refractivity contribution in [3.63, 3.8) is 0 Å². The highest BCUT2D eigenvalue weighted by molar-refractivity contribution is 6.30. The fourth-order valence-corrected chi connectivity index (χ4v) is 3.47. The van der Waals surface area contributed by atoms with Gasteiger partial charge in [-0.3, -0.25) is 4.79 Å². The van der Waals surface area contributed by atoms with Gasteiger partial charge in [0, 0.05) is 5.02 Å². The number of benzene rings is 2. The van der Waals surface area contributed by atoms with Crippen molar-refractivity contribution in [2.75, 3.05) is 6.61 Å². The minimum atomic E-state index is -0.317. The van der Waals surface area contributed by atoms with Crippen LogP contribution >= 0.6 is 11.6 Å². The average molecular weight is 401 g/mol. The van der Waals surface area contributed by atoms with Gasteiger partial charge in [-0.25, -0.2) is 5.43 Å². The largest absolute Gasteiger partial charge is 0.484 e. The van der Waals surface area contributed by atoms with Crippen molar-refractivity contribution >= 4 is 23.7 Å². The van der Waals surface area contributed by atoms with Gasteiger partial charge in [0.1, 0.15) is 5.75 Å². The molecule has 0 atom stereocenters. The van der Waals surface area contributed by atoms with Crippen LogP contribution in [0.25, 0.3) is 0 Å². The Morgan fingerprint density at radius 3 is 2.21 bits per heavy atom. The van der Waals surface area contributed by atoms with Crippen LogP contribution in [0.4, 0.5) is 0 Å². The number of carbonyl (C=O) groups excluding carboxylic acids is 1. The Balaban J connectivity index is 1.84. The van der Waals surface area contributed by atoms with E-state index in [0.717, 1.165) is 12.0 Å². The number of nitrogens with one attached hydrogen (secondary N) is 1. The van der Waals surface area contributed by atoms with E-state index in [1.54, 1.807) is 18.3 Å². The third-order valence-corrected chi connectivity index (χ3v) is 4.50. The highest BCUT2D eigenvalue weighted by atomic mass is 35.5. The zero-order valence-electron chi connectivity index (χ0n) is 17.3. The Labute approximate surface area is 172 Å². The predicted molar refractivity (Wildman–Crippen MR) is 116 cm³/mol. The maximum atomic E-state index is 11.9. The number of rotatable bonds is 7. The van der Waals surface area contributed by atoms with Gasteiger partial charge in [0.05, 0.1) is 6.21 Å². The van der Waals surface area contributed by atoms with Crippen molar-refractivity contribution in [3.8, 4) is 5.75 Å². The van der Waals surface area contributed by atoms with Gasteiger partial charge in [-0.05, 0) is 52.6 Å². The second-order valence-electron chi connectivity index (χ2n) is 8.78. The second-order valence-corrected chi connectivity index (χ2v) is 9.22. The Kier molecular flexibility index (Phi) is 7.25. The fourth-order valence-electron chi connectivity index (χ4n) is 3.34. The second kappa shape index (κ2) is 9.24. The molecule has 0 aliphatic rings. The molecule has 0 aromatic heterocycles. The van der Waals surface area contributed by atoms with Gasteiger partial charge < -0.3 is 4.74 Å². The molecule has 150 valence electrons. The lowest BCUT2D eigenvalue weighted by Gasteiger charge is -2.33. The molecule has 0 spiro atoms. The molecule has 2 rings (SSSR count). The number of ether oxygens (including phenoxy) is 1. The first-order valence-corrected chi connectivity index (χ1v) is 9.74. The molecule has 0 radical (unpaired) electrons. The maximum Gasteiger partial charge on any atom is 0.277 e. The molecule has 2 aromatic carbocycles. The molecule has 0 aliphatic carbocycles. The third-order valence-electron chi connectivity index (χ3n) is 4.25. The first-order valence-electron chi connectivity index (χ1n) is 9.36. The molecule has 28 heavy (non-hydrogen) atoms. The van der Waals surface area contributed by atoms with Crippen LogP contribution in [0.2, 0.25) is 5.02 Å². The number of carbonyl (C=O) groups is 1. The lowest BCUT2D eigenvalue weighted by molar-refractivity contribution is -0.123. The van der Waals surface area contributed by atoms with Crippen molar-refractivity contribution < 1.29 is 9.53 Å². The number of hydrazone groups is 1. The maximum absolute atomic E-state index is 11.9. The Bertz CT molecular complexity index is 804. The minimum Gasteiger partial charge on any atom is -0.484 e. The van der Waals surface area contributed by atoms with Crippen molar-refractivity contribution in [1.82, 2.24) is 5.43 Å². The van der Waals surface area contributed by atoms with Gasteiger partial charge >= 0.3 is 0 Å². The van der Waals surface area contributed by atoms with E-state index in [2.05, 4.69) is 57.3 Å². The lowest BCUT2D eigenvalue weighted by atomic mass is 9.72. The summed E-state index contributed by atoms with van der Waals surface area (Å²) < 4.78 is 5.55. The molecule has 0 unspecified atom stereocenters. The Hall–Kier alpha value is -2.33. The first-order chi connectivity index (χ1) is 13.0. The molecule has 0 aliphatic heterocycles. The van der Waals surface area contributed by atoms with Gasteiger partial charge in [0.15, 0.2) is 6.61 Å². The highest BCUT2D eigenvalue weighted by Gasteiger charge is 2.27. The third kappa shape index (κ3) is 7.35. The van der Waals surface area contributed by atoms with Gasteiger partial charge in [-0.1, -0.05) is 70.5 Å². The molecule has 1 N–H and O–H groups in total. The molecule has 0 fully saturated rings. The molecule has 1 amide bonds. The zero-order chi connectivity index (χ0) is 20.8. The van der Waals surface area contributed by atoms with Crippen molar-refractivity contribution in [2.45, 2.75) is 46.5 Å². The van der Waals surface area contributed by atoms with Crippen LogP contribution in [0.1, 0.15) is 52.2 Å². The fraction of sp³-hybridized carbons (Fsp3) is 0.391. The number of hydrogen-bond acceptors (Lipinski definition) is 3. The van der Waals surface area contributed by atoms with Crippen LogP contribution in [0.15, 0.2) is 53.6 Å². The van der Waals surface area contributed by atoms with Crippen molar-refractivity contribution in [1.29, 1.82) is 0 Å². The summed E-state index contributed by atoms with van der Waals surface area (Å²) in [5.74, 6) is 0.342. The van der Waals surface area contributed by atoms with E-state index in [0.29, 0.717) is 10.8 Å². The summed E-state index contributed by atoms with van der Waals surface area (Å²) >= 11 is 5.83. The lowest BCUT2D eigenvalue weighted by Crippen LogP contribution is -2.25. The predicted octanol–water partition coefficient (Wildman–Crippen LogP) is 5.58. The van der Waals surface area contributed by atoms with E-state index < -0.39 is 0 Å². The van der Waals surface area contributed by atoms with Crippen LogP contribution in [0.5, 0.6) is 5.75 Å². The smallest absolute Gasteiger partial charge is 0.277 e. The van der Waals surface area contributed by atoms with Crippen LogP contribution in [0, 0.1) is 5.41 Å². The van der Waals surface area contributed by atoms with Gasteiger partial charge in [0.25, 0.3) is 5.91 Å². The Morgan fingerprint density at radius 2 is 1.64 bits per heavy atom. The summed E-state index contributed by atoms with van der Waals surface area (Å²) in [5.41, 5.74) is 4.88. The number of amides is 1. The van der Waals surface area contributed by atoms with Crippen LogP contribution in [-0.2, 0) is 10.2 Å². The molecule has 0 heterocycles. The number of hydrogen-bond donors (Lipinski definition) is 1. The molecule has 0 bridgehead atoms. The molecule has 4 nitrogen and oxygen atoms in total. The SMILES string of the molecule is CC(C)(C)CC(C)(C)c1ccc(OCC(=O)NN=Cc2ccc(Cl)cc2)cc1. The van der Waals surface area contributed by atoms with Gasteiger partial charge in [-0.15, -0.1) is 0 Å². The summed E-state index contributed by atoms with van der Waals surface area (Å²) in [6.45, 7) is 11.2. The van der Waals surface area contributed by atoms with E-state index >= 15 is 0 Å². The summed E-state index contributed by atoms with van der Waals surface area (Å²) in [6.07, 6.45) is 2.63. The summed E-state index contributed by atoms with van der Waals surface area (Å²) in [5, 5.41) is 4.57. The van der Waals surface area contributed by atoms with Gasteiger partial charge in [-0.2, -0.15) is 5.10 Å². The summed E-state index contributed by atoms with van der Waals surface area (Å²) in [4.78, 5) is 11.9. The molecule has 0 saturated carbocycles. The van der Waals surface area contributed by atoms with E-state index in [1.807, 2.05) is 24.3 Å². The molecule has 5 heteroatoms. The minimum absolute atomic E-state index is 0.0739. The van der Waals surface area contributed by atoms with E-state index in [1.165, 1.54) is 5.56 Å². The molecule has 0 saturated heterocycles.